The number of amides is 3. The first-order chi connectivity index (χ1) is 17.3. The SMILES string of the molecule is Cc1cc(O)cc(C)c1C[C@H](N)C(=O)N[C@H](C)C(=O)N(CCCCc1ccccc1)C(=O)OC(C)(C)C. The number of carbonyl (C=O) groups excluding carboxylic acids is 3. The van der Waals surface area contributed by atoms with Crippen LogP contribution in [0.15, 0.2) is 42.5 Å². The molecule has 0 saturated carbocycles. The molecule has 2 rings (SSSR count). The Morgan fingerprint density at radius 3 is 2.22 bits per heavy atom. The van der Waals surface area contributed by atoms with Gasteiger partial charge in [0.25, 0.3) is 5.91 Å². The van der Waals surface area contributed by atoms with Crippen LogP contribution < -0.4 is 11.1 Å². The van der Waals surface area contributed by atoms with Crippen LogP contribution in [0.2, 0.25) is 0 Å². The van der Waals surface area contributed by atoms with Crippen LogP contribution >= 0.6 is 0 Å². The highest BCUT2D eigenvalue weighted by Gasteiger charge is 2.31. The number of rotatable bonds is 10. The highest BCUT2D eigenvalue weighted by Crippen LogP contribution is 2.22. The zero-order chi connectivity index (χ0) is 27.8. The van der Waals surface area contributed by atoms with Crippen molar-refractivity contribution in [3.8, 4) is 5.75 Å². The number of nitrogens with one attached hydrogen (secondary N) is 1. The number of phenolic OH excluding ortho intramolecular Hbond substituents is 1. The fourth-order valence-electron chi connectivity index (χ4n) is 4.07. The molecule has 8 nitrogen and oxygen atoms in total. The van der Waals surface area contributed by atoms with E-state index in [1.165, 1.54) is 12.5 Å². The second kappa shape index (κ2) is 13.2. The van der Waals surface area contributed by atoms with Gasteiger partial charge >= 0.3 is 6.09 Å². The number of ether oxygens (including phenoxy) is 1. The Labute approximate surface area is 220 Å². The number of nitrogens with two attached hydrogens (primary N) is 1. The van der Waals surface area contributed by atoms with Gasteiger partial charge in [0, 0.05) is 6.54 Å². The Balaban J connectivity index is 2.03. The number of unbranched alkanes of at least 4 members (excludes halogenated alkanes) is 1. The Morgan fingerprint density at radius 1 is 1.05 bits per heavy atom. The molecule has 0 spiro atoms. The van der Waals surface area contributed by atoms with Crippen molar-refractivity contribution in [1.29, 1.82) is 0 Å². The summed E-state index contributed by atoms with van der Waals surface area (Å²) < 4.78 is 5.46. The van der Waals surface area contributed by atoms with Crippen LogP contribution in [0.4, 0.5) is 4.79 Å². The summed E-state index contributed by atoms with van der Waals surface area (Å²) in [4.78, 5) is 40.0. The molecule has 2 aromatic carbocycles. The Hall–Kier alpha value is -3.39. The molecule has 0 bridgehead atoms. The molecule has 0 saturated heterocycles. The first-order valence-corrected chi connectivity index (χ1v) is 12.7. The van der Waals surface area contributed by atoms with Crippen LogP contribution in [0.1, 0.15) is 62.8 Å². The van der Waals surface area contributed by atoms with Crippen molar-refractivity contribution in [2.24, 2.45) is 5.73 Å². The minimum Gasteiger partial charge on any atom is -0.508 e. The highest BCUT2D eigenvalue weighted by atomic mass is 16.6. The summed E-state index contributed by atoms with van der Waals surface area (Å²) in [6.07, 6.45) is 1.72. The molecule has 2 aromatic rings. The van der Waals surface area contributed by atoms with Crippen molar-refractivity contribution in [1.82, 2.24) is 10.2 Å². The molecule has 0 heterocycles. The molecule has 0 aromatic heterocycles. The Morgan fingerprint density at radius 2 is 1.65 bits per heavy atom. The zero-order valence-electron chi connectivity index (χ0n) is 22.8. The Kier molecular flexibility index (Phi) is 10.7. The largest absolute Gasteiger partial charge is 0.508 e. The second-order valence-electron chi connectivity index (χ2n) is 10.5. The number of benzene rings is 2. The van der Waals surface area contributed by atoms with Crippen molar-refractivity contribution >= 4 is 17.9 Å². The van der Waals surface area contributed by atoms with Gasteiger partial charge in [-0.2, -0.15) is 0 Å². The van der Waals surface area contributed by atoms with E-state index in [-0.39, 0.29) is 18.7 Å². The summed E-state index contributed by atoms with van der Waals surface area (Å²) in [5.74, 6) is -0.894. The van der Waals surface area contributed by atoms with Crippen LogP contribution in [-0.4, -0.2) is 52.1 Å². The maximum atomic E-state index is 13.2. The summed E-state index contributed by atoms with van der Waals surface area (Å²) in [6.45, 7) is 10.6. The molecule has 4 N–H and O–H groups in total. The van der Waals surface area contributed by atoms with Gasteiger partial charge < -0.3 is 20.9 Å². The molecule has 2 atom stereocenters. The lowest BCUT2D eigenvalue weighted by atomic mass is 9.96. The van der Waals surface area contributed by atoms with Gasteiger partial charge in [-0.1, -0.05) is 30.3 Å². The maximum absolute atomic E-state index is 13.2. The molecule has 37 heavy (non-hydrogen) atoms. The number of phenols is 1. The van der Waals surface area contributed by atoms with E-state index >= 15 is 0 Å². The molecular formula is C29H41N3O5. The number of nitrogens with zero attached hydrogens (tertiary/aromatic N) is 1. The lowest BCUT2D eigenvalue weighted by Gasteiger charge is -2.28. The third-order valence-corrected chi connectivity index (χ3v) is 5.99. The number of imide groups is 1. The minimum absolute atomic E-state index is 0.155. The molecule has 0 aliphatic rings. The topological polar surface area (TPSA) is 122 Å². The third-order valence-electron chi connectivity index (χ3n) is 5.99. The number of aromatic hydroxyl groups is 1. The normalized spacial score (nSPS) is 12.9. The van der Waals surface area contributed by atoms with E-state index in [9.17, 15) is 19.5 Å². The van der Waals surface area contributed by atoms with Gasteiger partial charge in [-0.3, -0.25) is 9.59 Å². The van der Waals surface area contributed by atoms with Crippen LogP contribution in [0, 0.1) is 13.8 Å². The van der Waals surface area contributed by atoms with Gasteiger partial charge in [0.05, 0.1) is 6.04 Å². The van der Waals surface area contributed by atoms with E-state index in [4.69, 9.17) is 10.5 Å². The minimum atomic E-state index is -0.970. The fourth-order valence-corrected chi connectivity index (χ4v) is 4.07. The van der Waals surface area contributed by atoms with Gasteiger partial charge in [-0.25, -0.2) is 9.69 Å². The predicted octanol–water partition coefficient (Wildman–Crippen LogP) is 4.17. The van der Waals surface area contributed by atoms with E-state index < -0.39 is 35.6 Å². The highest BCUT2D eigenvalue weighted by molar-refractivity contribution is 5.97. The molecule has 3 amide bonds. The van der Waals surface area contributed by atoms with Crippen molar-refractivity contribution in [3.63, 3.8) is 0 Å². The van der Waals surface area contributed by atoms with Crippen LogP contribution in [0.25, 0.3) is 0 Å². The number of carbonyl (C=O) groups is 3. The predicted molar refractivity (Wildman–Crippen MR) is 144 cm³/mol. The van der Waals surface area contributed by atoms with Gasteiger partial charge in [-0.15, -0.1) is 0 Å². The molecule has 0 aliphatic heterocycles. The summed E-state index contributed by atoms with van der Waals surface area (Å²) >= 11 is 0. The van der Waals surface area contributed by atoms with E-state index in [0.717, 1.165) is 34.4 Å². The average Bonchev–Trinajstić information content (AvgIpc) is 2.80. The van der Waals surface area contributed by atoms with Gasteiger partial charge in [0.15, 0.2) is 0 Å². The molecule has 0 fully saturated rings. The zero-order valence-corrected chi connectivity index (χ0v) is 22.8. The number of hydrogen-bond acceptors (Lipinski definition) is 6. The maximum Gasteiger partial charge on any atom is 0.417 e. The fraction of sp³-hybridized carbons (Fsp3) is 0.483. The smallest absolute Gasteiger partial charge is 0.417 e. The molecule has 8 heteroatoms. The van der Waals surface area contributed by atoms with Gasteiger partial charge in [0.2, 0.25) is 5.91 Å². The van der Waals surface area contributed by atoms with E-state index in [1.54, 1.807) is 32.9 Å². The summed E-state index contributed by atoms with van der Waals surface area (Å²) in [7, 11) is 0. The first kappa shape index (κ1) is 29.8. The monoisotopic (exact) mass is 511 g/mol. The summed E-state index contributed by atoms with van der Waals surface area (Å²) in [5.41, 5.74) is 9.10. The molecule has 0 aliphatic carbocycles. The Bertz CT molecular complexity index is 1060. The molecule has 202 valence electrons. The third kappa shape index (κ3) is 9.53. The summed E-state index contributed by atoms with van der Waals surface area (Å²) in [5, 5.41) is 12.4. The number of aryl methyl sites for hydroxylation is 3. The van der Waals surface area contributed by atoms with E-state index in [2.05, 4.69) is 5.32 Å². The average molecular weight is 512 g/mol. The number of hydrogen-bond donors (Lipinski definition) is 3. The van der Waals surface area contributed by atoms with E-state index in [1.807, 2.05) is 44.2 Å². The van der Waals surface area contributed by atoms with Crippen molar-refractivity contribution in [2.75, 3.05) is 6.54 Å². The van der Waals surface area contributed by atoms with Gasteiger partial charge in [-0.05, 0) is 102 Å². The first-order valence-electron chi connectivity index (χ1n) is 12.7. The second-order valence-corrected chi connectivity index (χ2v) is 10.5. The van der Waals surface area contributed by atoms with Crippen LogP contribution in [0.5, 0.6) is 5.75 Å². The molecular weight excluding hydrogens is 470 g/mol. The van der Waals surface area contributed by atoms with Crippen LogP contribution in [0.3, 0.4) is 0 Å². The van der Waals surface area contributed by atoms with Crippen molar-refractivity contribution in [2.45, 2.75) is 84.9 Å². The van der Waals surface area contributed by atoms with Crippen LogP contribution in [-0.2, 0) is 27.2 Å². The van der Waals surface area contributed by atoms with Gasteiger partial charge in [0.1, 0.15) is 17.4 Å². The standard InChI is InChI=1S/C29H41N3O5/c1-19-16-23(33)17-20(2)24(19)18-25(30)26(34)31-21(3)27(35)32(28(36)37-29(4,5)6)15-11-10-14-22-12-8-7-9-13-22/h7-9,12-13,16-17,21,25,33H,10-11,14-15,18,30H2,1-6H3,(H,31,34)/t21-,25+/m1/s1. The molecule has 0 radical (unpaired) electrons. The van der Waals surface area contributed by atoms with Crippen molar-refractivity contribution in [3.05, 3.63) is 64.7 Å². The lowest BCUT2D eigenvalue weighted by molar-refractivity contribution is -0.135. The summed E-state index contributed by atoms with van der Waals surface area (Å²) in [6, 6.07) is 11.4. The quantitative estimate of drug-likeness (QED) is 0.412. The molecule has 0 unspecified atom stereocenters. The van der Waals surface area contributed by atoms with Crippen molar-refractivity contribution < 1.29 is 24.2 Å². The van der Waals surface area contributed by atoms with E-state index in [0.29, 0.717) is 6.42 Å². The lowest BCUT2D eigenvalue weighted by Crippen LogP contribution is -2.53.